The topological polar surface area (TPSA) is 84.0 Å². The van der Waals surface area contributed by atoms with E-state index in [4.69, 9.17) is 0 Å². The van der Waals surface area contributed by atoms with Gasteiger partial charge in [0, 0.05) is 27.7 Å². The van der Waals surface area contributed by atoms with Crippen LogP contribution in [0, 0.1) is 6.92 Å². The maximum Gasteiger partial charge on any atom is 0.255 e. The van der Waals surface area contributed by atoms with Gasteiger partial charge in [-0.1, -0.05) is 67.2 Å². The summed E-state index contributed by atoms with van der Waals surface area (Å²) in [5.74, 6) is 0.554. The van der Waals surface area contributed by atoms with Crippen LogP contribution in [0.1, 0.15) is 33.7 Å². The van der Waals surface area contributed by atoms with Crippen LogP contribution in [0.5, 0.6) is 0 Å². The van der Waals surface area contributed by atoms with E-state index in [1.807, 2.05) is 86.6 Å². The van der Waals surface area contributed by atoms with Crippen LogP contribution in [0.2, 0.25) is 0 Å². The molecule has 0 saturated heterocycles. The number of benzene rings is 3. The van der Waals surface area contributed by atoms with E-state index in [9.17, 15) is 9.59 Å². The van der Waals surface area contributed by atoms with Gasteiger partial charge in [0.1, 0.15) is 5.25 Å². The Bertz CT molecular complexity index is 1290. The highest BCUT2D eigenvalue weighted by Crippen LogP contribution is 2.37. The zero-order valence-corrected chi connectivity index (χ0v) is 21.7. The zero-order chi connectivity index (χ0) is 24.6. The first-order valence-corrected chi connectivity index (χ1v) is 13.6. The molecule has 3 aromatic carbocycles. The Morgan fingerprint density at radius 2 is 1.66 bits per heavy atom. The van der Waals surface area contributed by atoms with Gasteiger partial charge in [-0.3, -0.25) is 14.9 Å². The van der Waals surface area contributed by atoms with Gasteiger partial charge >= 0.3 is 0 Å². The van der Waals surface area contributed by atoms with Crippen LogP contribution in [-0.4, -0.2) is 26.9 Å². The van der Waals surface area contributed by atoms with Crippen LogP contribution in [0.3, 0.4) is 0 Å². The van der Waals surface area contributed by atoms with Crippen molar-refractivity contribution in [3.63, 3.8) is 0 Å². The van der Waals surface area contributed by atoms with E-state index >= 15 is 0 Å². The highest BCUT2D eigenvalue weighted by molar-refractivity contribution is 8.00. The Kier molecular flexibility index (Phi) is 8.57. The maximum absolute atomic E-state index is 13.2. The number of nitrogens with one attached hydrogen (secondary N) is 2. The average Bonchev–Trinajstić information content (AvgIpc) is 3.31. The fraction of sp³-hybridized carbons (Fsp3) is 0.154. The minimum absolute atomic E-state index is 0.150. The third kappa shape index (κ3) is 6.72. The minimum Gasteiger partial charge on any atom is -0.322 e. The summed E-state index contributed by atoms with van der Waals surface area (Å²) in [6, 6.07) is 24.6. The van der Waals surface area contributed by atoms with Gasteiger partial charge in [0.25, 0.3) is 5.91 Å². The van der Waals surface area contributed by atoms with Crippen molar-refractivity contribution >= 4 is 57.7 Å². The molecule has 1 atom stereocenters. The molecular formula is C26H24N4O2S3. The first-order valence-electron chi connectivity index (χ1n) is 11.0. The van der Waals surface area contributed by atoms with Crippen molar-refractivity contribution in [3.8, 4) is 0 Å². The molecular weight excluding hydrogens is 497 g/mol. The summed E-state index contributed by atoms with van der Waals surface area (Å²) < 4.78 is 4.27. The summed E-state index contributed by atoms with van der Waals surface area (Å²) in [6.45, 7) is 3.94. The van der Waals surface area contributed by atoms with E-state index in [0.717, 1.165) is 21.8 Å². The van der Waals surface area contributed by atoms with Crippen LogP contribution in [0.15, 0.2) is 88.9 Å². The van der Waals surface area contributed by atoms with Crippen LogP contribution in [0.25, 0.3) is 0 Å². The first kappa shape index (κ1) is 25.0. The predicted molar refractivity (Wildman–Crippen MR) is 146 cm³/mol. The number of hydrogen-bond donors (Lipinski definition) is 2. The van der Waals surface area contributed by atoms with Crippen molar-refractivity contribution in [3.05, 3.63) is 95.6 Å². The monoisotopic (exact) mass is 520 g/mol. The van der Waals surface area contributed by atoms with Gasteiger partial charge in [0.05, 0.1) is 0 Å². The SMILES string of the molecule is CCSc1nsc(NC(=O)C(Sc2ccc(NC(=O)c3ccccc3C)cc2)c2ccccc2)n1. The molecule has 0 aliphatic heterocycles. The molecule has 0 aliphatic rings. The molecule has 9 heteroatoms. The summed E-state index contributed by atoms with van der Waals surface area (Å²) in [5.41, 5.74) is 3.14. The molecule has 0 aliphatic carbocycles. The Morgan fingerprint density at radius 1 is 0.943 bits per heavy atom. The zero-order valence-electron chi connectivity index (χ0n) is 19.2. The van der Waals surface area contributed by atoms with Gasteiger partial charge in [-0.05, 0) is 54.1 Å². The van der Waals surface area contributed by atoms with Gasteiger partial charge in [-0.2, -0.15) is 9.36 Å². The molecule has 0 bridgehead atoms. The Hall–Kier alpha value is -3.14. The number of rotatable bonds is 9. The Morgan fingerprint density at radius 3 is 2.37 bits per heavy atom. The number of amides is 2. The second-order valence-corrected chi connectivity index (χ2v) is 10.7. The maximum atomic E-state index is 13.2. The van der Waals surface area contributed by atoms with E-state index in [1.165, 1.54) is 35.1 Å². The van der Waals surface area contributed by atoms with Gasteiger partial charge in [-0.25, -0.2) is 0 Å². The van der Waals surface area contributed by atoms with E-state index in [0.29, 0.717) is 21.5 Å². The lowest BCUT2D eigenvalue weighted by Gasteiger charge is -2.16. The lowest BCUT2D eigenvalue weighted by molar-refractivity contribution is -0.115. The quantitative estimate of drug-likeness (QED) is 0.239. The fourth-order valence-electron chi connectivity index (χ4n) is 3.30. The molecule has 6 nitrogen and oxygen atoms in total. The smallest absolute Gasteiger partial charge is 0.255 e. The lowest BCUT2D eigenvalue weighted by atomic mass is 10.1. The molecule has 35 heavy (non-hydrogen) atoms. The van der Waals surface area contributed by atoms with Crippen molar-refractivity contribution in [1.29, 1.82) is 0 Å². The first-order chi connectivity index (χ1) is 17.0. The van der Waals surface area contributed by atoms with E-state index in [2.05, 4.69) is 20.0 Å². The second kappa shape index (κ2) is 12.0. The van der Waals surface area contributed by atoms with Crippen molar-refractivity contribution in [2.24, 2.45) is 0 Å². The molecule has 1 unspecified atom stereocenters. The molecule has 1 heterocycles. The van der Waals surface area contributed by atoms with E-state index in [-0.39, 0.29) is 11.8 Å². The molecule has 0 radical (unpaired) electrons. The van der Waals surface area contributed by atoms with Crippen molar-refractivity contribution in [2.45, 2.75) is 29.1 Å². The predicted octanol–water partition coefficient (Wildman–Crippen LogP) is 6.68. The van der Waals surface area contributed by atoms with E-state index < -0.39 is 5.25 Å². The van der Waals surface area contributed by atoms with Gasteiger partial charge in [0.15, 0.2) is 0 Å². The lowest BCUT2D eigenvalue weighted by Crippen LogP contribution is -2.19. The van der Waals surface area contributed by atoms with Crippen LogP contribution >= 0.6 is 35.1 Å². The Labute approximate surface area is 217 Å². The second-order valence-electron chi connectivity index (χ2n) is 7.51. The summed E-state index contributed by atoms with van der Waals surface area (Å²) in [4.78, 5) is 31.1. The van der Waals surface area contributed by atoms with Crippen molar-refractivity contribution in [2.75, 3.05) is 16.4 Å². The summed E-state index contributed by atoms with van der Waals surface area (Å²) in [5, 5.41) is 6.53. The van der Waals surface area contributed by atoms with Crippen molar-refractivity contribution < 1.29 is 9.59 Å². The number of carbonyl (C=O) groups excluding carboxylic acids is 2. The molecule has 4 rings (SSSR count). The minimum atomic E-state index is -0.477. The Balaban J connectivity index is 1.47. The van der Waals surface area contributed by atoms with Gasteiger partial charge in [0.2, 0.25) is 16.2 Å². The number of carbonyl (C=O) groups is 2. The molecule has 2 amide bonds. The summed E-state index contributed by atoms with van der Waals surface area (Å²) in [6.07, 6.45) is 0. The normalized spacial score (nSPS) is 11.6. The van der Waals surface area contributed by atoms with Crippen LogP contribution in [-0.2, 0) is 4.79 Å². The largest absolute Gasteiger partial charge is 0.322 e. The highest BCUT2D eigenvalue weighted by Gasteiger charge is 2.23. The number of anilines is 2. The van der Waals surface area contributed by atoms with Gasteiger partial charge < -0.3 is 5.32 Å². The molecule has 0 spiro atoms. The van der Waals surface area contributed by atoms with Crippen molar-refractivity contribution in [1.82, 2.24) is 9.36 Å². The standard InChI is InChI=1S/C26H24N4O2S3/c1-3-33-26-29-25(35-30-26)28-24(32)22(18-10-5-4-6-11-18)34-20-15-13-19(14-16-20)27-23(31)21-12-8-7-9-17(21)2/h4-16,22H,3H2,1-2H3,(H,27,31)(H,28,29,30,32). The number of aryl methyl sites for hydroxylation is 1. The molecule has 2 N–H and O–H groups in total. The summed E-state index contributed by atoms with van der Waals surface area (Å²) in [7, 11) is 0. The average molecular weight is 521 g/mol. The number of hydrogen-bond acceptors (Lipinski definition) is 7. The van der Waals surface area contributed by atoms with Crippen LogP contribution in [0.4, 0.5) is 10.8 Å². The molecule has 178 valence electrons. The highest BCUT2D eigenvalue weighted by atomic mass is 32.2. The number of aromatic nitrogens is 2. The van der Waals surface area contributed by atoms with E-state index in [1.54, 1.807) is 6.07 Å². The van der Waals surface area contributed by atoms with Crippen LogP contribution < -0.4 is 10.6 Å². The fourth-order valence-corrected chi connectivity index (χ4v) is 5.60. The molecule has 1 aromatic heterocycles. The third-order valence-electron chi connectivity index (χ3n) is 5.01. The summed E-state index contributed by atoms with van der Waals surface area (Å²) >= 11 is 4.16. The van der Waals surface area contributed by atoms with Gasteiger partial charge in [-0.15, -0.1) is 11.8 Å². The molecule has 4 aromatic rings. The molecule has 0 saturated carbocycles. The molecule has 0 fully saturated rings. The number of thioether (sulfide) groups is 2. The third-order valence-corrected chi connectivity index (χ3v) is 7.75. The number of nitrogens with zero attached hydrogens (tertiary/aromatic N) is 2.